The number of nitrogens with zero attached hydrogens (tertiary/aromatic N) is 1. The van der Waals surface area contributed by atoms with Gasteiger partial charge in [-0.2, -0.15) is 0 Å². The Bertz CT molecular complexity index is 496. The highest BCUT2D eigenvalue weighted by Gasteiger charge is 2.04. The summed E-state index contributed by atoms with van der Waals surface area (Å²) < 4.78 is 1.04. The second-order valence-corrected chi connectivity index (χ2v) is 4.23. The van der Waals surface area contributed by atoms with E-state index in [0.29, 0.717) is 0 Å². The summed E-state index contributed by atoms with van der Waals surface area (Å²) in [5.41, 5.74) is 5.55. The van der Waals surface area contributed by atoms with Crippen LogP contribution in [-0.4, -0.2) is 4.98 Å². The van der Waals surface area contributed by atoms with Crippen LogP contribution in [0.5, 0.6) is 0 Å². The van der Waals surface area contributed by atoms with Crippen molar-refractivity contribution in [3.8, 4) is 0 Å². The van der Waals surface area contributed by atoms with E-state index >= 15 is 0 Å². The molecule has 0 spiro atoms. The van der Waals surface area contributed by atoms with Crippen LogP contribution in [0.15, 0.2) is 28.7 Å². The van der Waals surface area contributed by atoms with Crippen molar-refractivity contribution in [2.75, 3.05) is 5.43 Å². The minimum absolute atomic E-state index is 0.863. The van der Waals surface area contributed by atoms with Gasteiger partial charge in [0.15, 0.2) is 0 Å². The molecule has 0 atom stereocenters. The molecule has 2 rings (SSSR count). The average Bonchev–Trinajstić information content (AvgIpc) is 2.27. The van der Waals surface area contributed by atoms with E-state index < -0.39 is 0 Å². The van der Waals surface area contributed by atoms with Crippen LogP contribution in [0.2, 0.25) is 0 Å². The van der Waals surface area contributed by atoms with Crippen molar-refractivity contribution < 1.29 is 0 Å². The zero-order valence-electron chi connectivity index (χ0n) is 8.42. The molecular formula is C11H12BrN3. The van der Waals surface area contributed by atoms with Gasteiger partial charge in [-0.25, -0.2) is 0 Å². The molecule has 78 valence electrons. The van der Waals surface area contributed by atoms with Gasteiger partial charge in [0.1, 0.15) is 0 Å². The highest BCUT2D eigenvalue weighted by atomic mass is 79.9. The van der Waals surface area contributed by atoms with E-state index in [0.717, 1.165) is 33.2 Å². The first-order valence-corrected chi connectivity index (χ1v) is 5.59. The van der Waals surface area contributed by atoms with Gasteiger partial charge in [0.25, 0.3) is 0 Å². The molecule has 0 aliphatic rings. The summed E-state index contributed by atoms with van der Waals surface area (Å²) in [4.78, 5) is 4.55. The standard InChI is InChI=1S/C11H12BrN3/c1-2-9-11(15-13)5-7-3-4-8(12)6-10(7)14-9/h3-6,15H,2,13H2,1H3. The van der Waals surface area contributed by atoms with Crippen LogP contribution in [0.4, 0.5) is 5.69 Å². The van der Waals surface area contributed by atoms with Crippen molar-refractivity contribution in [3.63, 3.8) is 0 Å². The topological polar surface area (TPSA) is 50.9 Å². The number of nitrogens with one attached hydrogen (secondary N) is 1. The van der Waals surface area contributed by atoms with E-state index in [4.69, 9.17) is 5.84 Å². The second-order valence-electron chi connectivity index (χ2n) is 3.32. The van der Waals surface area contributed by atoms with E-state index in [1.165, 1.54) is 0 Å². The van der Waals surface area contributed by atoms with E-state index in [1.54, 1.807) is 0 Å². The summed E-state index contributed by atoms with van der Waals surface area (Å²) in [6, 6.07) is 8.05. The lowest BCUT2D eigenvalue weighted by atomic mass is 10.1. The number of benzene rings is 1. The van der Waals surface area contributed by atoms with E-state index in [9.17, 15) is 0 Å². The number of hydrogen-bond donors (Lipinski definition) is 2. The van der Waals surface area contributed by atoms with Crippen molar-refractivity contribution in [3.05, 3.63) is 34.4 Å². The molecule has 2 aromatic rings. The van der Waals surface area contributed by atoms with Gasteiger partial charge in [-0.15, -0.1) is 0 Å². The Morgan fingerprint density at radius 3 is 2.87 bits per heavy atom. The number of nitrogens with two attached hydrogens (primary N) is 1. The second kappa shape index (κ2) is 4.16. The molecule has 0 fully saturated rings. The molecular weight excluding hydrogens is 254 g/mol. The Balaban J connectivity index is 2.69. The van der Waals surface area contributed by atoms with Crippen LogP contribution in [0.25, 0.3) is 10.9 Å². The third kappa shape index (κ3) is 1.96. The van der Waals surface area contributed by atoms with Gasteiger partial charge in [0.2, 0.25) is 0 Å². The van der Waals surface area contributed by atoms with Crippen molar-refractivity contribution in [1.29, 1.82) is 0 Å². The Kier molecular flexibility index (Phi) is 2.88. The quantitative estimate of drug-likeness (QED) is 0.649. The molecule has 0 bridgehead atoms. The maximum atomic E-state index is 5.45. The fourth-order valence-electron chi connectivity index (χ4n) is 1.57. The fourth-order valence-corrected chi connectivity index (χ4v) is 1.92. The van der Waals surface area contributed by atoms with E-state index in [2.05, 4.69) is 33.3 Å². The minimum Gasteiger partial charge on any atom is -0.322 e. The van der Waals surface area contributed by atoms with Crippen molar-refractivity contribution >= 4 is 32.5 Å². The predicted octanol–water partition coefficient (Wildman–Crippen LogP) is 2.85. The van der Waals surface area contributed by atoms with Gasteiger partial charge in [0, 0.05) is 9.86 Å². The number of rotatable bonds is 2. The fraction of sp³-hybridized carbons (Fsp3) is 0.182. The van der Waals surface area contributed by atoms with Crippen LogP contribution < -0.4 is 11.3 Å². The maximum Gasteiger partial charge on any atom is 0.0718 e. The van der Waals surface area contributed by atoms with Gasteiger partial charge in [-0.05, 0) is 24.6 Å². The third-order valence-corrected chi connectivity index (χ3v) is 2.84. The smallest absolute Gasteiger partial charge is 0.0718 e. The Morgan fingerprint density at radius 1 is 1.40 bits per heavy atom. The zero-order chi connectivity index (χ0) is 10.8. The number of anilines is 1. The Morgan fingerprint density at radius 2 is 2.20 bits per heavy atom. The summed E-state index contributed by atoms with van der Waals surface area (Å²) in [6.45, 7) is 2.06. The summed E-state index contributed by atoms with van der Waals surface area (Å²) >= 11 is 3.43. The van der Waals surface area contributed by atoms with Crippen molar-refractivity contribution in [2.45, 2.75) is 13.3 Å². The molecule has 3 N–H and O–H groups in total. The number of aryl methyl sites for hydroxylation is 1. The number of hydrogen-bond acceptors (Lipinski definition) is 3. The highest BCUT2D eigenvalue weighted by Crippen LogP contribution is 2.23. The molecule has 0 saturated carbocycles. The molecule has 1 aromatic heterocycles. The maximum absolute atomic E-state index is 5.45. The van der Waals surface area contributed by atoms with Gasteiger partial charge < -0.3 is 5.43 Å². The number of pyridine rings is 1. The monoisotopic (exact) mass is 265 g/mol. The molecule has 0 radical (unpaired) electrons. The first-order chi connectivity index (χ1) is 7.24. The summed E-state index contributed by atoms with van der Waals surface area (Å²) in [7, 11) is 0. The molecule has 4 heteroatoms. The molecule has 1 heterocycles. The highest BCUT2D eigenvalue weighted by molar-refractivity contribution is 9.10. The van der Waals surface area contributed by atoms with Crippen LogP contribution >= 0.6 is 15.9 Å². The molecule has 0 aliphatic heterocycles. The van der Waals surface area contributed by atoms with Gasteiger partial charge in [0.05, 0.1) is 16.9 Å². The molecule has 0 amide bonds. The first-order valence-electron chi connectivity index (χ1n) is 4.80. The van der Waals surface area contributed by atoms with E-state index in [1.807, 2.05) is 24.3 Å². The lowest BCUT2D eigenvalue weighted by molar-refractivity contribution is 1.05. The van der Waals surface area contributed by atoms with Crippen LogP contribution in [0.3, 0.4) is 0 Å². The van der Waals surface area contributed by atoms with Crippen molar-refractivity contribution in [2.24, 2.45) is 5.84 Å². The average molecular weight is 266 g/mol. The lowest BCUT2D eigenvalue weighted by Crippen LogP contribution is -2.10. The summed E-state index contributed by atoms with van der Waals surface area (Å²) in [6.07, 6.45) is 0.863. The molecule has 0 saturated heterocycles. The van der Waals surface area contributed by atoms with Crippen molar-refractivity contribution in [1.82, 2.24) is 4.98 Å². The number of fused-ring (bicyclic) bond motifs is 1. The SMILES string of the molecule is CCc1nc2cc(Br)ccc2cc1NN. The summed E-state index contributed by atoms with van der Waals surface area (Å²) in [5.74, 6) is 5.45. The van der Waals surface area contributed by atoms with Crippen LogP contribution in [0, 0.1) is 0 Å². The summed E-state index contributed by atoms with van der Waals surface area (Å²) in [5, 5.41) is 1.09. The zero-order valence-corrected chi connectivity index (χ0v) is 10.0. The van der Waals surface area contributed by atoms with Crippen LogP contribution in [-0.2, 0) is 6.42 Å². The molecule has 0 aliphatic carbocycles. The lowest BCUT2D eigenvalue weighted by Gasteiger charge is -2.08. The minimum atomic E-state index is 0.863. The van der Waals surface area contributed by atoms with Crippen LogP contribution in [0.1, 0.15) is 12.6 Å². The first kappa shape index (κ1) is 10.4. The van der Waals surface area contributed by atoms with E-state index in [-0.39, 0.29) is 0 Å². The molecule has 1 aromatic carbocycles. The molecule has 15 heavy (non-hydrogen) atoms. The Hall–Kier alpha value is -1.13. The molecule has 3 nitrogen and oxygen atoms in total. The number of halogens is 1. The normalized spacial score (nSPS) is 10.6. The third-order valence-electron chi connectivity index (χ3n) is 2.35. The van der Waals surface area contributed by atoms with Gasteiger partial charge >= 0.3 is 0 Å². The predicted molar refractivity (Wildman–Crippen MR) is 66.6 cm³/mol. The van der Waals surface area contributed by atoms with Gasteiger partial charge in [-0.1, -0.05) is 28.9 Å². The number of nitrogen functional groups attached to an aromatic ring is 1. The largest absolute Gasteiger partial charge is 0.322 e. The molecule has 0 unspecified atom stereocenters. The Labute approximate surface area is 96.8 Å². The van der Waals surface area contributed by atoms with Gasteiger partial charge in [-0.3, -0.25) is 10.8 Å². The number of hydrazine groups is 1. The number of aromatic nitrogens is 1.